The van der Waals surface area contributed by atoms with Crippen LogP contribution in [0.5, 0.6) is 0 Å². The smallest absolute Gasteiger partial charge is 0.323 e. The number of benzene rings is 3. The zero-order valence-corrected chi connectivity index (χ0v) is 26.5. The van der Waals surface area contributed by atoms with Crippen molar-refractivity contribution in [1.29, 1.82) is 0 Å². The van der Waals surface area contributed by atoms with Crippen molar-refractivity contribution >= 4 is 17.8 Å². The number of carbonyl (C=O) groups is 3. The lowest BCUT2D eigenvalue weighted by Gasteiger charge is -2.27. The van der Waals surface area contributed by atoms with Gasteiger partial charge in [-0.05, 0) is 41.7 Å². The number of hydrogen-bond acceptors (Lipinski definition) is 7. The Balaban J connectivity index is 1.09. The molecule has 0 saturated heterocycles. The molecule has 1 aliphatic carbocycles. The van der Waals surface area contributed by atoms with E-state index >= 15 is 0 Å². The Morgan fingerprint density at radius 3 is 2.25 bits per heavy atom. The van der Waals surface area contributed by atoms with Crippen LogP contribution in [0.4, 0.5) is 0 Å². The van der Waals surface area contributed by atoms with Crippen molar-refractivity contribution in [2.75, 3.05) is 6.54 Å². The summed E-state index contributed by atoms with van der Waals surface area (Å²) < 4.78 is 5.55. The van der Waals surface area contributed by atoms with Crippen molar-refractivity contribution in [3.05, 3.63) is 126 Å². The zero-order chi connectivity index (χ0) is 33.6. The molecule has 0 saturated carbocycles. The molecule has 3 aromatic carbocycles. The number of hydrogen-bond donors (Lipinski definition) is 3. The first-order valence-electron chi connectivity index (χ1n) is 15.5. The predicted octanol–water partition coefficient (Wildman–Crippen LogP) is 5.38. The van der Waals surface area contributed by atoms with E-state index in [4.69, 9.17) is 4.52 Å². The van der Waals surface area contributed by atoms with Crippen LogP contribution in [0.15, 0.2) is 114 Å². The average Bonchev–Trinajstić information content (AvgIpc) is 3.79. The van der Waals surface area contributed by atoms with Crippen LogP contribution in [0, 0.1) is 12.8 Å². The van der Waals surface area contributed by atoms with Crippen molar-refractivity contribution in [2.24, 2.45) is 5.92 Å². The number of carboxylic acid groups (broad SMARTS) is 1. The molecule has 0 spiro atoms. The van der Waals surface area contributed by atoms with Crippen molar-refractivity contribution in [3.63, 3.8) is 0 Å². The lowest BCUT2D eigenvalue weighted by atomic mass is 9.92. The Labute approximate surface area is 277 Å². The molecule has 2 unspecified atom stereocenters. The minimum absolute atomic E-state index is 0.0835. The van der Waals surface area contributed by atoms with E-state index in [1.54, 1.807) is 24.4 Å². The van der Waals surface area contributed by atoms with Crippen LogP contribution in [0.25, 0.3) is 34.0 Å². The van der Waals surface area contributed by atoms with Crippen molar-refractivity contribution in [2.45, 2.75) is 32.9 Å². The van der Waals surface area contributed by atoms with Gasteiger partial charge in [0.05, 0.1) is 18.8 Å². The molecule has 3 N–H and O–H groups in total. The van der Waals surface area contributed by atoms with Crippen LogP contribution in [0.1, 0.15) is 23.7 Å². The SMILES string of the molecule is Cc1ccc(-c2ccc(-c3nc(-c4ccc(CN(CC(=O)O)C(=O)C5=CC(C)C(NC(=O)Cc6cnc[nH]6)C=C5)cc4)no3)cc2)cc1. The van der Waals surface area contributed by atoms with Crippen molar-refractivity contribution in [3.8, 4) is 34.0 Å². The van der Waals surface area contributed by atoms with Crippen molar-refractivity contribution < 1.29 is 24.0 Å². The van der Waals surface area contributed by atoms with Gasteiger partial charge >= 0.3 is 5.97 Å². The number of aromatic amines is 1. The van der Waals surface area contributed by atoms with E-state index in [0.29, 0.717) is 28.5 Å². The highest BCUT2D eigenvalue weighted by Gasteiger charge is 2.26. The minimum atomic E-state index is -1.12. The number of nitrogens with one attached hydrogen (secondary N) is 2. The predicted molar refractivity (Wildman–Crippen MR) is 179 cm³/mol. The van der Waals surface area contributed by atoms with E-state index in [-0.39, 0.29) is 30.8 Å². The van der Waals surface area contributed by atoms with Gasteiger partial charge in [-0.2, -0.15) is 4.98 Å². The molecule has 6 rings (SSSR count). The summed E-state index contributed by atoms with van der Waals surface area (Å²) >= 11 is 0. The van der Waals surface area contributed by atoms with Gasteiger partial charge in [0.25, 0.3) is 11.8 Å². The third-order valence-electron chi connectivity index (χ3n) is 8.11. The molecule has 11 heteroatoms. The summed E-state index contributed by atoms with van der Waals surface area (Å²) in [7, 11) is 0. The lowest BCUT2D eigenvalue weighted by molar-refractivity contribution is -0.143. The van der Waals surface area contributed by atoms with Crippen LogP contribution in [-0.2, 0) is 27.3 Å². The number of imidazole rings is 1. The number of aryl methyl sites for hydroxylation is 1. The first-order chi connectivity index (χ1) is 23.2. The maximum atomic E-state index is 13.5. The van der Waals surface area contributed by atoms with Crippen LogP contribution in [0.2, 0.25) is 0 Å². The highest BCUT2D eigenvalue weighted by molar-refractivity contribution is 5.98. The summed E-state index contributed by atoms with van der Waals surface area (Å²) in [4.78, 5) is 50.3. The summed E-state index contributed by atoms with van der Waals surface area (Å²) in [6.07, 6.45) is 8.41. The number of H-pyrrole nitrogens is 1. The molecule has 1 aliphatic rings. The number of nitrogens with zero attached hydrogens (tertiary/aromatic N) is 4. The second-order valence-corrected chi connectivity index (χ2v) is 11.8. The summed E-state index contributed by atoms with van der Waals surface area (Å²) in [5.41, 5.74) is 6.74. The van der Waals surface area contributed by atoms with Gasteiger partial charge in [0.2, 0.25) is 11.7 Å². The standard InChI is InChI=1S/C37H34N6O5/c1-23-3-7-26(8-4-23)27-11-13-29(14-12-27)36-41-35(42-48-36)28-9-5-25(6-10-28)20-43(21-34(45)46)37(47)30-15-16-32(24(2)17-30)40-33(44)18-31-19-38-22-39-31/h3-17,19,22,24,32H,18,20-21H2,1-2H3,(H,38,39)(H,40,44)(H,45,46). The van der Waals surface area contributed by atoms with Gasteiger partial charge in [-0.25, -0.2) is 4.98 Å². The number of carbonyl (C=O) groups excluding carboxylic acids is 2. The maximum Gasteiger partial charge on any atom is 0.323 e. The van der Waals surface area contributed by atoms with Gasteiger partial charge in [0, 0.05) is 35.1 Å². The number of carboxylic acids is 1. The highest BCUT2D eigenvalue weighted by Crippen LogP contribution is 2.27. The monoisotopic (exact) mass is 642 g/mol. The quantitative estimate of drug-likeness (QED) is 0.174. The number of amides is 2. The molecule has 0 bridgehead atoms. The van der Waals surface area contributed by atoms with Crippen LogP contribution >= 0.6 is 0 Å². The molecule has 48 heavy (non-hydrogen) atoms. The fourth-order valence-electron chi connectivity index (χ4n) is 5.47. The summed E-state index contributed by atoms with van der Waals surface area (Å²) in [5.74, 6) is -1.09. The highest BCUT2D eigenvalue weighted by atomic mass is 16.5. The molecule has 0 fully saturated rings. The van der Waals surface area contributed by atoms with E-state index in [1.165, 1.54) is 16.8 Å². The molecule has 242 valence electrons. The fourth-order valence-corrected chi connectivity index (χ4v) is 5.47. The Morgan fingerprint density at radius 2 is 1.60 bits per heavy atom. The van der Waals surface area contributed by atoms with E-state index in [2.05, 4.69) is 56.6 Å². The number of aromatic nitrogens is 4. The molecule has 0 aliphatic heterocycles. The Morgan fingerprint density at radius 1 is 0.938 bits per heavy atom. The van der Waals surface area contributed by atoms with E-state index in [1.807, 2.05) is 55.5 Å². The largest absolute Gasteiger partial charge is 0.480 e. The zero-order valence-electron chi connectivity index (χ0n) is 26.5. The molecule has 2 heterocycles. The third-order valence-corrected chi connectivity index (χ3v) is 8.11. The molecule has 2 amide bonds. The normalized spacial score (nSPS) is 15.5. The minimum Gasteiger partial charge on any atom is -0.480 e. The van der Waals surface area contributed by atoms with Gasteiger partial charge in [-0.1, -0.05) is 96.5 Å². The molecule has 5 aromatic rings. The fraction of sp³-hybridized carbons (Fsp3) is 0.189. The molecular weight excluding hydrogens is 608 g/mol. The maximum absolute atomic E-state index is 13.5. The summed E-state index contributed by atoms with van der Waals surface area (Å²) in [6.45, 7) is 3.56. The van der Waals surface area contributed by atoms with Crippen LogP contribution in [-0.4, -0.2) is 60.5 Å². The summed E-state index contributed by atoms with van der Waals surface area (Å²) in [5, 5.41) is 16.7. The second kappa shape index (κ2) is 14.1. The molecule has 11 nitrogen and oxygen atoms in total. The summed E-state index contributed by atoms with van der Waals surface area (Å²) in [6, 6.07) is 23.2. The van der Waals surface area contributed by atoms with E-state index in [9.17, 15) is 19.5 Å². The average molecular weight is 643 g/mol. The van der Waals surface area contributed by atoms with Gasteiger partial charge < -0.3 is 24.8 Å². The van der Waals surface area contributed by atoms with Gasteiger partial charge in [0.1, 0.15) is 6.54 Å². The topological polar surface area (TPSA) is 154 Å². The van der Waals surface area contributed by atoms with Crippen LogP contribution < -0.4 is 5.32 Å². The Bertz CT molecular complexity index is 1960. The third kappa shape index (κ3) is 7.64. The van der Waals surface area contributed by atoms with E-state index in [0.717, 1.165) is 22.3 Å². The van der Waals surface area contributed by atoms with Gasteiger partial charge in [0.15, 0.2) is 0 Å². The molecular formula is C37H34N6O5. The number of aliphatic carboxylic acids is 1. The van der Waals surface area contributed by atoms with E-state index < -0.39 is 18.4 Å². The first kappa shape index (κ1) is 31.9. The molecule has 2 aromatic heterocycles. The van der Waals surface area contributed by atoms with Crippen LogP contribution in [0.3, 0.4) is 0 Å². The Hall–Kier alpha value is -6.10. The molecule has 0 radical (unpaired) electrons. The van der Waals surface area contributed by atoms with Crippen molar-refractivity contribution in [1.82, 2.24) is 30.3 Å². The first-order valence-corrected chi connectivity index (χ1v) is 15.5. The Kier molecular flexibility index (Phi) is 9.38. The lowest BCUT2D eigenvalue weighted by Crippen LogP contribution is -2.41. The number of rotatable bonds is 11. The van der Waals surface area contributed by atoms with Gasteiger partial charge in [-0.3, -0.25) is 14.4 Å². The molecule has 2 atom stereocenters. The van der Waals surface area contributed by atoms with Gasteiger partial charge in [-0.15, -0.1) is 0 Å². The second-order valence-electron chi connectivity index (χ2n) is 11.8.